The van der Waals surface area contributed by atoms with Crippen LogP contribution in [-0.4, -0.2) is 26.2 Å². The second-order valence-corrected chi connectivity index (χ2v) is 6.41. The number of hydrogen-bond donors (Lipinski definition) is 2. The molecule has 0 saturated heterocycles. The molecular weight excluding hydrogens is 468 g/mol. The van der Waals surface area contributed by atoms with Crippen molar-refractivity contribution in [2.45, 2.75) is 24.9 Å². The fourth-order valence-electron chi connectivity index (χ4n) is 2.84. The minimum Gasteiger partial charge on any atom is -0.497 e. The first-order valence-corrected chi connectivity index (χ1v) is 8.54. The molecule has 0 radical (unpaired) electrons. The number of methoxy groups -OCH3 is 1. The predicted molar refractivity (Wildman–Crippen MR) is 114 cm³/mol. The van der Waals surface area contributed by atoms with Gasteiger partial charge in [-0.05, 0) is 36.2 Å². The molecule has 1 saturated carbocycles. The maximum absolute atomic E-state index is 14.0. The van der Waals surface area contributed by atoms with Crippen LogP contribution in [-0.2, 0) is 6.54 Å². The van der Waals surface area contributed by atoms with Crippen LogP contribution in [0.25, 0.3) is 0 Å². The second-order valence-electron chi connectivity index (χ2n) is 6.00. The Balaban J connectivity index is 0.00000243. The van der Waals surface area contributed by atoms with E-state index in [4.69, 9.17) is 16.3 Å². The number of guanidine groups is 1. The standard InChI is InChI=1S/C19H21ClFN3O.HI/c1-22-19(23-11-12-6-8-13(25-2)9-7-12)24-17-10-14(17)18-15(20)4-3-5-16(18)21;/h3-9,14,17H,10-11H2,1-2H3,(H2,22,23,24);1H. The van der Waals surface area contributed by atoms with E-state index in [0.29, 0.717) is 23.1 Å². The van der Waals surface area contributed by atoms with E-state index in [0.717, 1.165) is 17.7 Å². The van der Waals surface area contributed by atoms with E-state index < -0.39 is 0 Å². The highest BCUT2D eigenvalue weighted by molar-refractivity contribution is 14.0. The van der Waals surface area contributed by atoms with E-state index in [1.807, 2.05) is 24.3 Å². The number of aliphatic imine (C=N–C) groups is 1. The lowest BCUT2D eigenvalue weighted by Gasteiger charge is -2.13. The summed E-state index contributed by atoms with van der Waals surface area (Å²) in [6.07, 6.45) is 0.837. The summed E-state index contributed by atoms with van der Waals surface area (Å²) >= 11 is 6.14. The van der Waals surface area contributed by atoms with Gasteiger partial charge in [-0.3, -0.25) is 4.99 Å². The Morgan fingerprint density at radius 1 is 1.27 bits per heavy atom. The minimum absolute atomic E-state index is 0. The highest BCUT2D eigenvalue weighted by Crippen LogP contribution is 2.44. The number of nitrogens with one attached hydrogen (secondary N) is 2. The lowest BCUT2D eigenvalue weighted by atomic mass is 10.1. The van der Waals surface area contributed by atoms with E-state index in [2.05, 4.69) is 15.6 Å². The van der Waals surface area contributed by atoms with Crippen LogP contribution < -0.4 is 15.4 Å². The summed E-state index contributed by atoms with van der Waals surface area (Å²) in [4.78, 5) is 4.23. The molecule has 0 aromatic heterocycles. The van der Waals surface area contributed by atoms with Gasteiger partial charge in [-0.15, -0.1) is 24.0 Å². The summed E-state index contributed by atoms with van der Waals surface area (Å²) in [7, 11) is 3.36. The molecule has 3 rings (SSSR count). The Bertz CT molecular complexity index is 750. The van der Waals surface area contributed by atoms with Crippen LogP contribution in [0, 0.1) is 5.82 Å². The zero-order valence-corrected chi connectivity index (χ0v) is 17.7. The zero-order valence-electron chi connectivity index (χ0n) is 14.6. The fourth-order valence-corrected chi connectivity index (χ4v) is 3.14. The molecule has 2 aromatic rings. The molecule has 0 aliphatic heterocycles. The Hall–Kier alpha value is -1.54. The van der Waals surface area contributed by atoms with Gasteiger partial charge in [0.25, 0.3) is 0 Å². The average Bonchev–Trinajstić information content (AvgIpc) is 3.37. The molecule has 2 aromatic carbocycles. The van der Waals surface area contributed by atoms with Crippen LogP contribution in [0.2, 0.25) is 5.02 Å². The van der Waals surface area contributed by atoms with Crippen molar-refractivity contribution in [1.82, 2.24) is 10.6 Å². The largest absolute Gasteiger partial charge is 0.497 e. The molecule has 7 heteroatoms. The monoisotopic (exact) mass is 489 g/mol. The summed E-state index contributed by atoms with van der Waals surface area (Å²) in [6.45, 7) is 0.640. The summed E-state index contributed by atoms with van der Waals surface area (Å²) in [5.74, 6) is 1.35. The van der Waals surface area contributed by atoms with E-state index in [-0.39, 0.29) is 41.8 Å². The van der Waals surface area contributed by atoms with Crippen molar-refractivity contribution in [2.75, 3.05) is 14.2 Å². The smallest absolute Gasteiger partial charge is 0.191 e. The Kier molecular flexibility index (Phi) is 7.52. The maximum Gasteiger partial charge on any atom is 0.191 e. The molecular formula is C19H22ClFIN3O. The summed E-state index contributed by atoms with van der Waals surface area (Å²) in [5.41, 5.74) is 1.71. The van der Waals surface area contributed by atoms with Gasteiger partial charge < -0.3 is 15.4 Å². The maximum atomic E-state index is 14.0. The molecule has 0 amide bonds. The minimum atomic E-state index is -0.247. The molecule has 1 aliphatic carbocycles. The lowest BCUT2D eigenvalue weighted by Crippen LogP contribution is -2.38. The lowest BCUT2D eigenvalue weighted by molar-refractivity contribution is 0.414. The van der Waals surface area contributed by atoms with E-state index in [9.17, 15) is 4.39 Å². The first kappa shape index (κ1) is 20.8. The van der Waals surface area contributed by atoms with E-state index in [1.165, 1.54) is 6.07 Å². The van der Waals surface area contributed by atoms with Gasteiger partial charge in [-0.25, -0.2) is 4.39 Å². The van der Waals surface area contributed by atoms with Crippen LogP contribution in [0.5, 0.6) is 5.75 Å². The highest BCUT2D eigenvalue weighted by Gasteiger charge is 2.41. The molecule has 2 unspecified atom stereocenters. The number of nitrogens with zero attached hydrogens (tertiary/aromatic N) is 1. The quantitative estimate of drug-likeness (QED) is 0.373. The fraction of sp³-hybridized carbons (Fsp3) is 0.316. The molecule has 26 heavy (non-hydrogen) atoms. The Labute approximate surface area is 175 Å². The number of hydrogen-bond acceptors (Lipinski definition) is 2. The Morgan fingerprint density at radius 3 is 2.62 bits per heavy atom. The van der Waals surface area contributed by atoms with Crippen LogP contribution in [0.4, 0.5) is 4.39 Å². The van der Waals surface area contributed by atoms with Crippen molar-refractivity contribution in [3.8, 4) is 5.75 Å². The van der Waals surface area contributed by atoms with Crippen LogP contribution >= 0.6 is 35.6 Å². The van der Waals surface area contributed by atoms with Gasteiger partial charge in [0.15, 0.2) is 5.96 Å². The number of halogens is 3. The second kappa shape index (κ2) is 9.41. The molecule has 4 nitrogen and oxygen atoms in total. The van der Waals surface area contributed by atoms with Gasteiger partial charge >= 0.3 is 0 Å². The normalized spacial score (nSPS) is 18.7. The first-order chi connectivity index (χ1) is 12.1. The van der Waals surface area contributed by atoms with Gasteiger partial charge in [0.1, 0.15) is 11.6 Å². The summed E-state index contributed by atoms with van der Waals surface area (Å²) < 4.78 is 19.1. The third kappa shape index (κ3) is 5.01. The summed E-state index contributed by atoms with van der Waals surface area (Å²) in [5, 5.41) is 7.07. The molecule has 1 aliphatic rings. The van der Waals surface area contributed by atoms with Crippen molar-refractivity contribution in [2.24, 2.45) is 4.99 Å². The molecule has 0 heterocycles. The topological polar surface area (TPSA) is 45.7 Å². The van der Waals surface area contributed by atoms with E-state index in [1.54, 1.807) is 26.3 Å². The molecule has 0 bridgehead atoms. The number of ether oxygens (including phenoxy) is 1. The van der Waals surface area contributed by atoms with Crippen molar-refractivity contribution in [3.63, 3.8) is 0 Å². The summed E-state index contributed by atoms with van der Waals surface area (Å²) in [6, 6.07) is 12.8. The highest BCUT2D eigenvalue weighted by atomic mass is 127. The molecule has 2 atom stereocenters. The van der Waals surface area contributed by atoms with Crippen molar-refractivity contribution >= 4 is 41.5 Å². The molecule has 140 valence electrons. The molecule has 0 spiro atoms. The third-order valence-corrected chi connectivity index (χ3v) is 4.66. The first-order valence-electron chi connectivity index (χ1n) is 8.16. The van der Waals surface area contributed by atoms with Gasteiger partial charge in [0.05, 0.1) is 7.11 Å². The van der Waals surface area contributed by atoms with Crippen LogP contribution in [0.1, 0.15) is 23.5 Å². The molecule has 1 fully saturated rings. The number of rotatable bonds is 5. The van der Waals surface area contributed by atoms with Gasteiger partial charge in [-0.2, -0.15) is 0 Å². The SMILES string of the molecule is CN=C(NCc1ccc(OC)cc1)NC1CC1c1c(F)cccc1Cl.I. The Morgan fingerprint density at radius 2 is 2.00 bits per heavy atom. The van der Waals surface area contributed by atoms with Gasteiger partial charge in [-0.1, -0.05) is 29.8 Å². The van der Waals surface area contributed by atoms with Crippen molar-refractivity contribution in [3.05, 3.63) is 64.4 Å². The van der Waals surface area contributed by atoms with Crippen LogP contribution in [0.15, 0.2) is 47.5 Å². The third-order valence-electron chi connectivity index (χ3n) is 4.33. The predicted octanol–water partition coefficient (Wildman–Crippen LogP) is 4.33. The molecule has 2 N–H and O–H groups in total. The van der Waals surface area contributed by atoms with Crippen molar-refractivity contribution in [1.29, 1.82) is 0 Å². The van der Waals surface area contributed by atoms with Crippen LogP contribution in [0.3, 0.4) is 0 Å². The van der Waals surface area contributed by atoms with Gasteiger partial charge in [0.2, 0.25) is 0 Å². The number of benzene rings is 2. The average molecular weight is 490 g/mol. The van der Waals surface area contributed by atoms with Gasteiger partial charge in [0, 0.05) is 36.1 Å². The zero-order chi connectivity index (χ0) is 17.8. The van der Waals surface area contributed by atoms with E-state index >= 15 is 0 Å². The van der Waals surface area contributed by atoms with Crippen molar-refractivity contribution < 1.29 is 9.13 Å².